The maximum Gasteiger partial charge on any atom is 0.307 e. The zero-order valence-corrected chi connectivity index (χ0v) is 17.9. The lowest BCUT2D eigenvalue weighted by Gasteiger charge is -2.35. The van der Waals surface area contributed by atoms with Crippen LogP contribution in [0.3, 0.4) is 0 Å². The monoisotopic (exact) mass is 416 g/mol. The molecule has 156 valence electrons. The van der Waals surface area contributed by atoms with Crippen LogP contribution in [0.4, 0.5) is 5.69 Å². The molecule has 0 atom stereocenters. The van der Waals surface area contributed by atoms with E-state index in [0.29, 0.717) is 37.7 Å². The van der Waals surface area contributed by atoms with Crippen LogP contribution in [0.2, 0.25) is 0 Å². The number of hydrogen-bond donors (Lipinski definition) is 1. The molecule has 0 amide bonds. The molecule has 0 aromatic heterocycles. The van der Waals surface area contributed by atoms with Crippen molar-refractivity contribution in [3.63, 3.8) is 0 Å². The number of aliphatic carboxylic acids is 1. The lowest BCUT2D eigenvalue weighted by molar-refractivity contribution is -0.136. The predicted molar refractivity (Wildman–Crippen MR) is 114 cm³/mol. The molecule has 1 aliphatic heterocycles. The summed E-state index contributed by atoms with van der Waals surface area (Å²) in [5.41, 5.74) is 3.69. The van der Waals surface area contributed by atoms with E-state index in [0.717, 1.165) is 11.3 Å². The van der Waals surface area contributed by atoms with Crippen molar-refractivity contribution >= 4 is 21.7 Å². The third-order valence-electron chi connectivity index (χ3n) is 5.46. The fourth-order valence-corrected chi connectivity index (χ4v) is 5.04. The van der Waals surface area contributed by atoms with Gasteiger partial charge in [0.2, 0.25) is 10.0 Å². The van der Waals surface area contributed by atoms with Gasteiger partial charge in [-0.2, -0.15) is 4.31 Å². The van der Waals surface area contributed by atoms with Gasteiger partial charge in [-0.1, -0.05) is 32.0 Å². The summed E-state index contributed by atoms with van der Waals surface area (Å²) < 4.78 is 27.6. The number of aryl methyl sites for hydroxylation is 1. The third-order valence-corrected chi connectivity index (χ3v) is 7.36. The van der Waals surface area contributed by atoms with Crippen LogP contribution in [0, 0.1) is 6.92 Å². The van der Waals surface area contributed by atoms with Crippen molar-refractivity contribution in [2.75, 3.05) is 31.1 Å². The Morgan fingerprint density at radius 2 is 1.66 bits per heavy atom. The minimum Gasteiger partial charge on any atom is -0.481 e. The molecule has 0 spiro atoms. The van der Waals surface area contributed by atoms with Gasteiger partial charge < -0.3 is 10.0 Å². The summed E-state index contributed by atoms with van der Waals surface area (Å²) in [5, 5.41) is 9.05. The van der Waals surface area contributed by atoms with Gasteiger partial charge in [-0.15, -0.1) is 0 Å². The third kappa shape index (κ3) is 4.79. The van der Waals surface area contributed by atoms with Crippen LogP contribution < -0.4 is 4.90 Å². The molecule has 2 aromatic carbocycles. The van der Waals surface area contributed by atoms with E-state index in [4.69, 9.17) is 5.11 Å². The van der Waals surface area contributed by atoms with Crippen LogP contribution in [0.15, 0.2) is 47.4 Å². The summed E-state index contributed by atoms with van der Waals surface area (Å²) in [6, 6.07) is 13.2. The summed E-state index contributed by atoms with van der Waals surface area (Å²) in [6.07, 6.45) is -0.185. The van der Waals surface area contributed by atoms with E-state index in [9.17, 15) is 13.2 Å². The molecule has 0 saturated carbocycles. The Balaban J connectivity index is 1.72. The van der Waals surface area contributed by atoms with E-state index in [2.05, 4.69) is 43.0 Å². The molecule has 1 saturated heterocycles. The van der Waals surface area contributed by atoms with Crippen LogP contribution in [-0.4, -0.2) is 50.0 Å². The Morgan fingerprint density at radius 3 is 2.21 bits per heavy atom. The topological polar surface area (TPSA) is 77.9 Å². The second kappa shape index (κ2) is 8.55. The number of piperazine rings is 1. The van der Waals surface area contributed by atoms with Crippen LogP contribution in [0.5, 0.6) is 0 Å². The van der Waals surface area contributed by atoms with Gasteiger partial charge in [0, 0.05) is 31.9 Å². The highest BCUT2D eigenvalue weighted by Crippen LogP contribution is 2.24. The van der Waals surface area contributed by atoms with Crippen molar-refractivity contribution in [1.29, 1.82) is 0 Å². The number of hydrogen-bond acceptors (Lipinski definition) is 4. The maximum atomic E-state index is 13.1. The standard InChI is InChI=1S/C22H28N2O4S/c1-16(2)18-5-7-20(8-6-18)23-10-12-24(13-11-23)29(27,28)21-9-4-17(3)19(14-21)15-22(25)26/h4-9,14,16H,10-13,15H2,1-3H3,(H,25,26). The second-order valence-corrected chi connectivity index (χ2v) is 9.73. The van der Waals surface area contributed by atoms with Gasteiger partial charge in [-0.3, -0.25) is 4.79 Å². The number of carbonyl (C=O) groups is 1. The Hall–Kier alpha value is -2.38. The molecule has 6 nitrogen and oxygen atoms in total. The Morgan fingerprint density at radius 1 is 1.03 bits per heavy atom. The minimum absolute atomic E-state index is 0.161. The fraction of sp³-hybridized carbons (Fsp3) is 0.409. The molecule has 3 rings (SSSR count). The van der Waals surface area contributed by atoms with Gasteiger partial charge in [-0.25, -0.2) is 8.42 Å². The van der Waals surface area contributed by atoms with Crippen LogP contribution >= 0.6 is 0 Å². The van der Waals surface area contributed by atoms with Crippen LogP contribution in [-0.2, 0) is 21.2 Å². The van der Waals surface area contributed by atoms with Crippen molar-refractivity contribution < 1.29 is 18.3 Å². The number of benzene rings is 2. The van der Waals surface area contributed by atoms with E-state index in [-0.39, 0.29) is 11.3 Å². The highest BCUT2D eigenvalue weighted by atomic mass is 32.2. The maximum absolute atomic E-state index is 13.1. The molecule has 1 fully saturated rings. The summed E-state index contributed by atoms with van der Waals surface area (Å²) >= 11 is 0. The number of nitrogens with zero attached hydrogens (tertiary/aromatic N) is 2. The molecule has 1 aliphatic rings. The minimum atomic E-state index is -3.65. The highest BCUT2D eigenvalue weighted by molar-refractivity contribution is 7.89. The molecule has 0 radical (unpaired) electrons. The molecule has 1 N–H and O–H groups in total. The van der Waals surface area contributed by atoms with Gasteiger partial charge >= 0.3 is 5.97 Å². The van der Waals surface area contributed by atoms with Crippen molar-refractivity contribution in [1.82, 2.24) is 4.31 Å². The average Bonchev–Trinajstić information content (AvgIpc) is 2.69. The molecule has 0 unspecified atom stereocenters. The summed E-state index contributed by atoms with van der Waals surface area (Å²) in [7, 11) is -3.65. The second-order valence-electron chi connectivity index (χ2n) is 7.80. The molecule has 7 heteroatoms. The molecule has 29 heavy (non-hydrogen) atoms. The molecular formula is C22H28N2O4S. The summed E-state index contributed by atoms with van der Waals surface area (Å²) in [5.74, 6) is -0.494. The van der Waals surface area contributed by atoms with Gasteiger partial charge in [0.15, 0.2) is 0 Å². The SMILES string of the molecule is Cc1ccc(S(=O)(=O)N2CCN(c3ccc(C(C)C)cc3)CC2)cc1CC(=O)O. The quantitative estimate of drug-likeness (QED) is 0.782. The first-order valence-electron chi connectivity index (χ1n) is 9.85. The summed E-state index contributed by atoms with van der Waals surface area (Å²) in [4.78, 5) is 13.4. The molecule has 0 aliphatic carbocycles. The van der Waals surface area contributed by atoms with E-state index in [1.54, 1.807) is 19.1 Å². The van der Waals surface area contributed by atoms with Gasteiger partial charge in [0.1, 0.15) is 0 Å². The highest BCUT2D eigenvalue weighted by Gasteiger charge is 2.29. The van der Waals surface area contributed by atoms with Crippen molar-refractivity contribution in [3.05, 3.63) is 59.2 Å². The Bertz CT molecular complexity index is 976. The van der Waals surface area contributed by atoms with Gasteiger partial charge in [0.25, 0.3) is 0 Å². The molecule has 2 aromatic rings. The van der Waals surface area contributed by atoms with E-state index in [1.807, 2.05) is 0 Å². The Labute approximate surface area is 172 Å². The average molecular weight is 417 g/mol. The first-order valence-corrected chi connectivity index (χ1v) is 11.3. The van der Waals surface area contributed by atoms with Crippen molar-refractivity contribution in [2.45, 2.75) is 38.0 Å². The Kier molecular flexibility index (Phi) is 6.29. The predicted octanol–water partition coefficient (Wildman–Crippen LogP) is 3.26. The lowest BCUT2D eigenvalue weighted by atomic mass is 10.0. The molecule has 0 bridgehead atoms. The van der Waals surface area contributed by atoms with Crippen molar-refractivity contribution in [3.8, 4) is 0 Å². The molecule has 1 heterocycles. The van der Waals surface area contributed by atoms with E-state index < -0.39 is 16.0 Å². The van der Waals surface area contributed by atoms with Gasteiger partial charge in [0.05, 0.1) is 11.3 Å². The number of rotatable bonds is 6. The first kappa shape index (κ1) is 21.3. The van der Waals surface area contributed by atoms with Crippen LogP contribution in [0.1, 0.15) is 36.5 Å². The number of anilines is 1. The summed E-state index contributed by atoms with van der Waals surface area (Å²) in [6.45, 7) is 8.14. The number of carboxylic acids is 1. The molecular weight excluding hydrogens is 388 g/mol. The fourth-order valence-electron chi connectivity index (χ4n) is 3.57. The van der Waals surface area contributed by atoms with Gasteiger partial charge in [-0.05, 0) is 53.8 Å². The first-order chi connectivity index (χ1) is 13.7. The smallest absolute Gasteiger partial charge is 0.307 e. The largest absolute Gasteiger partial charge is 0.481 e. The zero-order chi connectivity index (χ0) is 21.2. The van der Waals surface area contributed by atoms with E-state index in [1.165, 1.54) is 15.9 Å². The number of carboxylic acid groups (broad SMARTS) is 1. The lowest BCUT2D eigenvalue weighted by Crippen LogP contribution is -2.48. The normalized spacial score (nSPS) is 15.7. The number of sulfonamides is 1. The van der Waals surface area contributed by atoms with E-state index >= 15 is 0 Å². The van der Waals surface area contributed by atoms with Crippen LogP contribution in [0.25, 0.3) is 0 Å². The van der Waals surface area contributed by atoms with Crippen molar-refractivity contribution in [2.24, 2.45) is 0 Å². The zero-order valence-electron chi connectivity index (χ0n) is 17.1.